The molecular formula is C23H22BrN2O+. The van der Waals surface area contributed by atoms with Crippen LogP contribution in [0.4, 0.5) is 0 Å². The highest BCUT2D eigenvalue weighted by atomic mass is 79.9. The zero-order valence-electron chi connectivity index (χ0n) is 15.1. The van der Waals surface area contributed by atoms with Crippen molar-refractivity contribution < 1.29 is 10.4 Å². The van der Waals surface area contributed by atoms with Crippen LogP contribution < -0.4 is 10.6 Å². The Kier molecular flexibility index (Phi) is 5.01. The van der Waals surface area contributed by atoms with Crippen molar-refractivity contribution >= 4 is 21.6 Å². The van der Waals surface area contributed by atoms with Gasteiger partial charge in [-0.05, 0) is 48.9 Å². The van der Waals surface area contributed by atoms with E-state index in [2.05, 4.69) is 88.1 Å². The van der Waals surface area contributed by atoms with E-state index in [1.165, 1.54) is 11.1 Å². The monoisotopic (exact) mass is 421 g/mol. The average molecular weight is 422 g/mol. The molecule has 3 aromatic rings. The summed E-state index contributed by atoms with van der Waals surface area (Å²) in [7, 11) is 0. The summed E-state index contributed by atoms with van der Waals surface area (Å²) in [4.78, 5) is 0. The molecule has 0 saturated heterocycles. The van der Waals surface area contributed by atoms with Gasteiger partial charge in [0.05, 0.1) is 5.56 Å². The van der Waals surface area contributed by atoms with Crippen LogP contribution in [0.1, 0.15) is 34.5 Å². The van der Waals surface area contributed by atoms with E-state index in [-0.39, 0.29) is 12.2 Å². The molecule has 0 fully saturated rings. The molecule has 4 heteroatoms. The fourth-order valence-corrected chi connectivity index (χ4v) is 3.71. The van der Waals surface area contributed by atoms with Crippen LogP contribution in [0.3, 0.4) is 0 Å². The molecule has 0 aromatic heterocycles. The molecule has 2 unspecified atom stereocenters. The second-order valence-electron chi connectivity index (χ2n) is 6.90. The Hall–Kier alpha value is -2.56. The van der Waals surface area contributed by atoms with Gasteiger partial charge in [0, 0.05) is 21.8 Å². The van der Waals surface area contributed by atoms with Crippen molar-refractivity contribution in [3.05, 3.63) is 106 Å². The first-order chi connectivity index (χ1) is 13.1. The minimum atomic E-state index is 0.0254. The first kappa shape index (κ1) is 17.8. The Bertz CT molecular complexity index is 964. The van der Waals surface area contributed by atoms with Gasteiger partial charge >= 0.3 is 0 Å². The summed E-state index contributed by atoms with van der Waals surface area (Å²) in [6.07, 6.45) is 2.25. The van der Waals surface area contributed by atoms with Crippen molar-refractivity contribution in [3.8, 4) is 5.75 Å². The number of halogens is 1. The van der Waals surface area contributed by atoms with Gasteiger partial charge in [-0.25, -0.2) is 0 Å². The minimum absolute atomic E-state index is 0.0254. The molecule has 1 aliphatic heterocycles. The number of aryl methyl sites for hydroxylation is 1. The number of nitrogens with one attached hydrogen (secondary N) is 1. The van der Waals surface area contributed by atoms with Crippen LogP contribution in [0.15, 0.2) is 83.3 Å². The number of phenolic OH excluding ortho intramolecular Hbond substituents is 1. The van der Waals surface area contributed by atoms with Crippen LogP contribution in [-0.4, -0.2) is 5.11 Å². The number of benzene rings is 3. The molecule has 0 bridgehead atoms. The molecule has 4 N–H and O–H groups in total. The topological polar surface area (TPSA) is 48.9 Å². The molecule has 27 heavy (non-hydrogen) atoms. The zero-order chi connectivity index (χ0) is 18.8. The molecule has 0 saturated carbocycles. The zero-order valence-corrected chi connectivity index (χ0v) is 16.6. The van der Waals surface area contributed by atoms with Crippen LogP contribution in [0.5, 0.6) is 5.75 Å². The molecule has 2 atom stereocenters. The van der Waals surface area contributed by atoms with Gasteiger partial charge in [-0.1, -0.05) is 57.9 Å². The maximum absolute atomic E-state index is 10.4. The van der Waals surface area contributed by atoms with Gasteiger partial charge in [0.15, 0.2) is 6.17 Å². The maximum Gasteiger partial charge on any atom is 0.186 e. The largest absolute Gasteiger partial charge is 0.507 e. The lowest BCUT2D eigenvalue weighted by atomic mass is 9.97. The van der Waals surface area contributed by atoms with E-state index in [0.29, 0.717) is 5.75 Å². The van der Waals surface area contributed by atoms with Gasteiger partial charge in [0.2, 0.25) is 0 Å². The van der Waals surface area contributed by atoms with Crippen molar-refractivity contribution in [2.24, 2.45) is 0 Å². The molecule has 3 nitrogen and oxygen atoms in total. The minimum Gasteiger partial charge on any atom is -0.507 e. The van der Waals surface area contributed by atoms with E-state index in [1.807, 2.05) is 18.2 Å². The fraction of sp³-hybridized carbons (Fsp3) is 0.130. The summed E-state index contributed by atoms with van der Waals surface area (Å²) >= 11 is 3.51. The third-order valence-electron chi connectivity index (χ3n) is 4.94. The van der Waals surface area contributed by atoms with E-state index < -0.39 is 0 Å². The van der Waals surface area contributed by atoms with Crippen molar-refractivity contribution in [3.63, 3.8) is 0 Å². The highest BCUT2D eigenvalue weighted by molar-refractivity contribution is 9.10. The molecule has 0 radical (unpaired) electrons. The van der Waals surface area contributed by atoms with E-state index in [4.69, 9.17) is 0 Å². The lowest BCUT2D eigenvalue weighted by molar-refractivity contribution is -0.731. The SMILES string of the molecule is Cc1ccc(C2=CC(c3ccccc3O)[NH2+]C(c3ccc(Br)cc3)N2)cc1. The summed E-state index contributed by atoms with van der Waals surface area (Å²) in [5.41, 5.74) is 5.58. The second kappa shape index (κ2) is 7.59. The molecular weight excluding hydrogens is 400 g/mol. The number of rotatable bonds is 3. The predicted molar refractivity (Wildman–Crippen MR) is 112 cm³/mol. The summed E-state index contributed by atoms with van der Waals surface area (Å²) in [6.45, 7) is 2.09. The summed E-state index contributed by atoms with van der Waals surface area (Å²) in [5.74, 6) is 0.328. The number of hydrogen-bond acceptors (Lipinski definition) is 2. The average Bonchev–Trinajstić information content (AvgIpc) is 2.69. The van der Waals surface area contributed by atoms with Crippen LogP contribution in [-0.2, 0) is 0 Å². The number of quaternary nitrogens is 1. The predicted octanol–water partition coefficient (Wildman–Crippen LogP) is 4.41. The third-order valence-corrected chi connectivity index (χ3v) is 5.47. The number of hydrogen-bond donors (Lipinski definition) is 3. The van der Waals surface area contributed by atoms with Gasteiger partial charge in [0.1, 0.15) is 11.8 Å². The molecule has 1 aliphatic rings. The number of phenols is 1. The Balaban J connectivity index is 1.75. The quantitative estimate of drug-likeness (QED) is 0.586. The van der Waals surface area contributed by atoms with E-state index in [9.17, 15) is 5.11 Å². The van der Waals surface area contributed by atoms with Gasteiger partial charge in [-0.2, -0.15) is 0 Å². The Morgan fingerprint density at radius 1 is 0.926 bits per heavy atom. The molecule has 0 amide bonds. The van der Waals surface area contributed by atoms with Crippen molar-refractivity contribution in [2.75, 3.05) is 0 Å². The summed E-state index contributed by atoms with van der Waals surface area (Å²) in [6, 6.07) is 24.5. The first-order valence-electron chi connectivity index (χ1n) is 9.04. The van der Waals surface area contributed by atoms with Crippen LogP contribution in [0.25, 0.3) is 5.70 Å². The molecule has 0 aliphatic carbocycles. The van der Waals surface area contributed by atoms with E-state index in [1.54, 1.807) is 6.07 Å². The van der Waals surface area contributed by atoms with Crippen molar-refractivity contribution in [1.82, 2.24) is 5.32 Å². The molecule has 136 valence electrons. The number of nitrogens with two attached hydrogens (primary N) is 1. The van der Waals surface area contributed by atoms with Gasteiger partial charge in [-0.15, -0.1) is 0 Å². The number of aromatic hydroxyl groups is 1. The lowest BCUT2D eigenvalue weighted by Gasteiger charge is -2.30. The van der Waals surface area contributed by atoms with E-state index in [0.717, 1.165) is 21.3 Å². The fourth-order valence-electron chi connectivity index (χ4n) is 3.45. The molecule has 0 spiro atoms. The standard InChI is InChI=1S/C23H21BrN2O/c1-15-6-8-16(9-7-15)20-14-21(19-4-2-3-5-22(19)27)26-23(25-20)17-10-12-18(24)13-11-17/h2-14,21,23,25-27H,1H3/p+1. The first-order valence-corrected chi connectivity index (χ1v) is 9.83. The Morgan fingerprint density at radius 2 is 1.63 bits per heavy atom. The maximum atomic E-state index is 10.4. The summed E-state index contributed by atoms with van der Waals surface area (Å²) < 4.78 is 1.06. The van der Waals surface area contributed by atoms with Crippen molar-refractivity contribution in [1.29, 1.82) is 0 Å². The van der Waals surface area contributed by atoms with Crippen LogP contribution >= 0.6 is 15.9 Å². The summed E-state index contributed by atoms with van der Waals surface area (Å²) in [5, 5.41) is 16.3. The Labute approximate surface area is 167 Å². The normalized spacial score (nSPS) is 19.3. The van der Waals surface area contributed by atoms with Gasteiger partial charge < -0.3 is 15.7 Å². The number of para-hydroxylation sites is 1. The molecule has 1 heterocycles. The van der Waals surface area contributed by atoms with Crippen LogP contribution in [0.2, 0.25) is 0 Å². The lowest BCUT2D eigenvalue weighted by Crippen LogP contribution is -2.89. The van der Waals surface area contributed by atoms with Crippen molar-refractivity contribution in [2.45, 2.75) is 19.1 Å². The third kappa shape index (κ3) is 3.92. The van der Waals surface area contributed by atoms with Crippen LogP contribution in [0, 0.1) is 6.92 Å². The Morgan fingerprint density at radius 3 is 2.33 bits per heavy atom. The highest BCUT2D eigenvalue weighted by Gasteiger charge is 2.29. The molecule has 4 rings (SSSR count). The second-order valence-corrected chi connectivity index (χ2v) is 7.81. The van der Waals surface area contributed by atoms with Gasteiger partial charge in [-0.3, -0.25) is 0 Å². The highest BCUT2D eigenvalue weighted by Crippen LogP contribution is 2.29. The van der Waals surface area contributed by atoms with Gasteiger partial charge in [0.25, 0.3) is 0 Å². The smallest absolute Gasteiger partial charge is 0.186 e. The molecule has 3 aromatic carbocycles. The van der Waals surface area contributed by atoms with E-state index >= 15 is 0 Å².